The SMILES string of the molecule is C[C@H](Cn1cccn1)NCC(=O)N1c2ccccc2C[C@H]1C. The minimum absolute atomic E-state index is 0.129. The molecule has 22 heavy (non-hydrogen) atoms. The van der Waals surface area contributed by atoms with E-state index >= 15 is 0 Å². The lowest BCUT2D eigenvalue weighted by molar-refractivity contribution is -0.118. The number of carbonyl (C=O) groups excluding carboxylic acids is 1. The van der Waals surface area contributed by atoms with Gasteiger partial charge in [0.15, 0.2) is 0 Å². The van der Waals surface area contributed by atoms with E-state index in [9.17, 15) is 4.79 Å². The molecular formula is C17H22N4O. The molecule has 0 unspecified atom stereocenters. The maximum atomic E-state index is 12.6. The zero-order valence-corrected chi connectivity index (χ0v) is 13.1. The monoisotopic (exact) mass is 298 g/mol. The highest BCUT2D eigenvalue weighted by Crippen LogP contribution is 2.31. The standard InChI is InChI=1S/C17H22N4O/c1-13(12-20-9-5-8-19-20)18-11-17(22)21-14(2)10-15-6-3-4-7-16(15)21/h3-9,13-14,18H,10-12H2,1-2H3/t13-,14-/m1/s1. The molecule has 0 radical (unpaired) electrons. The minimum Gasteiger partial charge on any atom is -0.308 e. The van der Waals surface area contributed by atoms with Crippen molar-refractivity contribution in [3.63, 3.8) is 0 Å². The van der Waals surface area contributed by atoms with E-state index in [0.717, 1.165) is 18.7 Å². The first-order valence-corrected chi connectivity index (χ1v) is 7.76. The van der Waals surface area contributed by atoms with Crippen molar-refractivity contribution in [2.24, 2.45) is 0 Å². The first kappa shape index (κ1) is 14.8. The third kappa shape index (κ3) is 3.04. The molecule has 5 nitrogen and oxygen atoms in total. The minimum atomic E-state index is 0.129. The van der Waals surface area contributed by atoms with Crippen LogP contribution < -0.4 is 10.2 Å². The number of rotatable bonds is 5. The fourth-order valence-corrected chi connectivity index (χ4v) is 3.05. The van der Waals surface area contributed by atoms with Gasteiger partial charge in [0.25, 0.3) is 0 Å². The number of benzene rings is 1. The van der Waals surface area contributed by atoms with Crippen LogP contribution in [0.5, 0.6) is 0 Å². The molecule has 0 spiro atoms. The number of nitrogens with zero attached hydrogens (tertiary/aromatic N) is 3. The van der Waals surface area contributed by atoms with Crippen molar-refractivity contribution >= 4 is 11.6 Å². The predicted molar refractivity (Wildman–Crippen MR) is 86.8 cm³/mol. The van der Waals surface area contributed by atoms with Gasteiger partial charge in [0.1, 0.15) is 0 Å². The molecule has 1 aromatic heterocycles. The maximum absolute atomic E-state index is 12.6. The van der Waals surface area contributed by atoms with Gasteiger partial charge in [0.2, 0.25) is 5.91 Å². The molecular weight excluding hydrogens is 276 g/mol. The van der Waals surface area contributed by atoms with Gasteiger partial charge in [0, 0.05) is 30.2 Å². The van der Waals surface area contributed by atoms with Crippen molar-refractivity contribution in [2.45, 2.75) is 38.9 Å². The van der Waals surface area contributed by atoms with E-state index in [1.807, 2.05) is 40.0 Å². The Morgan fingerprint density at radius 3 is 3.00 bits per heavy atom. The van der Waals surface area contributed by atoms with E-state index in [1.54, 1.807) is 6.20 Å². The third-order valence-electron chi connectivity index (χ3n) is 4.10. The fourth-order valence-electron chi connectivity index (χ4n) is 3.05. The van der Waals surface area contributed by atoms with Gasteiger partial charge in [-0.25, -0.2) is 0 Å². The van der Waals surface area contributed by atoms with Crippen LogP contribution in [0.2, 0.25) is 0 Å². The van der Waals surface area contributed by atoms with Gasteiger partial charge < -0.3 is 10.2 Å². The number of nitrogens with one attached hydrogen (secondary N) is 1. The Labute approximate surface area is 130 Å². The van der Waals surface area contributed by atoms with Crippen LogP contribution in [0, 0.1) is 0 Å². The highest BCUT2D eigenvalue weighted by Gasteiger charge is 2.30. The lowest BCUT2D eigenvalue weighted by Crippen LogP contribution is -2.44. The number of hydrogen-bond donors (Lipinski definition) is 1. The van der Waals surface area contributed by atoms with Gasteiger partial charge in [0.05, 0.1) is 13.1 Å². The Balaban J connectivity index is 1.58. The smallest absolute Gasteiger partial charge is 0.241 e. The maximum Gasteiger partial charge on any atom is 0.241 e. The normalized spacial score (nSPS) is 18.3. The van der Waals surface area contributed by atoms with Gasteiger partial charge in [-0.2, -0.15) is 5.10 Å². The van der Waals surface area contributed by atoms with E-state index in [-0.39, 0.29) is 18.0 Å². The van der Waals surface area contributed by atoms with Gasteiger partial charge >= 0.3 is 0 Å². The summed E-state index contributed by atoms with van der Waals surface area (Å²) in [7, 11) is 0. The second-order valence-corrected chi connectivity index (χ2v) is 5.96. The zero-order valence-electron chi connectivity index (χ0n) is 13.1. The lowest BCUT2D eigenvalue weighted by atomic mass is 10.1. The van der Waals surface area contributed by atoms with Crippen molar-refractivity contribution in [2.75, 3.05) is 11.4 Å². The van der Waals surface area contributed by atoms with Crippen LogP contribution in [-0.2, 0) is 17.8 Å². The second-order valence-electron chi connectivity index (χ2n) is 5.96. The van der Waals surface area contributed by atoms with Gasteiger partial charge in [-0.05, 0) is 38.0 Å². The van der Waals surface area contributed by atoms with E-state index in [1.165, 1.54) is 5.56 Å². The number of aromatic nitrogens is 2. The molecule has 2 atom stereocenters. The molecule has 0 saturated heterocycles. The molecule has 5 heteroatoms. The van der Waals surface area contributed by atoms with Crippen LogP contribution in [-0.4, -0.2) is 34.3 Å². The number of hydrogen-bond acceptors (Lipinski definition) is 3. The second kappa shape index (κ2) is 6.32. The molecule has 2 aromatic rings. The highest BCUT2D eigenvalue weighted by molar-refractivity contribution is 5.97. The van der Waals surface area contributed by atoms with Crippen molar-refractivity contribution < 1.29 is 4.79 Å². The number of para-hydroxylation sites is 1. The van der Waals surface area contributed by atoms with Crippen LogP contribution >= 0.6 is 0 Å². The molecule has 1 aromatic carbocycles. The summed E-state index contributed by atoms with van der Waals surface area (Å²) in [6, 6.07) is 10.5. The summed E-state index contributed by atoms with van der Waals surface area (Å²) in [5.41, 5.74) is 2.31. The molecule has 1 amide bonds. The van der Waals surface area contributed by atoms with Crippen LogP contribution in [0.3, 0.4) is 0 Å². The van der Waals surface area contributed by atoms with Gasteiger partial charge in [-0.3, -0.25) is 9.48 Å². The van der Waals surface area contributed by atoms with Crippen molar-refractivity contribution in [1.29, 1.82) is 0 Å². The number of fused-ring (bicyclic) bond motifs is 1. The number of carbonyl (C=O) groups is 1. The molecule has 0 aliphatic carbocycles. The molecule has 0 saturated carbocycles. The molecule has 1 aliphatic rings. The van der Waals surface area contributed by atoms with Gasteiger partial charge in [-0.15, -0.1) is 0 Å². The average molecular weight is 298 g/mol. The van der Waals surface area contributed by atoms with E-state index in [0.29, 0.717) is 6.54 Å². The van der Waals surface area contributed by atoms with Crippen LogP contribution in [0.25, 0.3) is 0 Å². The largest absolute Gasteiger partial charge is 0.308 e. The number of amides is 1. The first-order valence-electron chi connectivity index (χ1n) is 7.76. The number of anilines is 1. The molecule has 3 rings (SSSR count). The summed E-state index contributed by atoms with van der Waals surface area (Å²) in [5.74, 6) is 0.129. The Hall–Kier alpha value is -2.14. The van der Waals surface area contributed by atoms with Crippen LogP contribution in [0.4, 0.5) is 5.69 Å². The summed E-state index contributed by atoms with van der Waals surface area (Å²) in [5, 5.41) is 7.48. The van der Waals surface area contributed by atoms with Crippen molar-refractivity contribution in [3.8, 4) is 0 Å². The van der Waals surface area contributed by atoms with Crippen LogP contribution in [0.15, 0.2) is 42.7 Å². The zero-order chi connectivity index (χ0) is 15.5. The first-order chi connectivity index (χ1) is 10.6. The summed E-state index contributed by atoms with van der Waals surface area (Å²) in [6.45, 7) is 5.27. The fraction of sp³-hybridized carbons (Fsp3) is 0.412. The van der Waals surface area contributed by atoms with E-state index in [4.69, 9.17) is 0 Å². The Morgan fingerprint density at radius 2 is 2.23 bits per heavy atom. The molecule has 116 valence electrons. The predicted octanol–water partition coefficient (Wildman–Crippen LogP) is 1.84. The quantitative estimate of drug-likeness (QED) is 0.916. The molecule has 2 heterocycles. The Bertz CT molecular complexity index is 638. The summed E-state index contributed by atoms with van der Waals surface area (Å²) in [4.78, 5) is 14.5. The molecule has 0 bridgehead atoms. The van der Waals surface area contributed by atoms with Gasteiger partial charge in [-0.1, -0.05) is 18.2 Å². The van der Waals surface area contributed by atoms with Crippen LogP contribution in [0.1, 0.15) is 19.4 Å². The van der Waals surface area contributed by atoms with Crippen molar-refractivity contribution in [1.82, 2.24) is 15.1 Å². The van der Waals surface area contributed by atoms with E-state index < -0.39 is 0 Å². The average Bonchev–Trinajstić information content (AvgIpc) is 3.11. The molecule has 1 aliphatic heterocycles. The Morgan fingerprint density at radius 1 is 1.41 bits per heavy atom. The summed E-state index contributed by atoms with van der Waals surface area (Å²) < 4.78 is 1.87. The van der Waals surface area contributed by atoms with E-state index in [2.05, 4.69) is 30.3 Å². The lowest BCUT2D eigenvalue weighted by Gasteiger charge is -2.24. The summed E-state index contributed by atoms with van der Waals surface area (Å²) in [6.07, 6.45) is 4.63. The summed E-state index contributed by atoms with van der Waals surface area (Å²) >= 11 is 0. The Kier molecular flexibility index (Phi) is 4.24. The third-order valence-corrected chi connectivity index (χ3v) is 4.10. The van der Waals surface area contributed by atoms with Crippen molar-refractivity contribution in [3.05, 3.63) is 48.3 Å². The topological polar surface area (TPSA) is 50.2 Å². The highest BCUT2D eigenvalue weighted by atomic mass is 16.2. The molecule has 0 fully saturated rings. The molecule has 1 N–H and O–H groups in total.